The van der Waals surface area contributed by atoms with Crippen LogP contribution in [0.2, 0.25) is 0 Å². The van der Waals surface area contributed by atoms with Gasteiger partial charge in [0.15, 0.2) is 0 Å². The van der Waals surface area contributed by atoms with E-state index in [1.807, 2.05) is 17.5 Å². The van der Waals surface area contributed by atoms with Gasteiger partial charge < -0.3 is 0 Å². The number of rotatable bonds is 4. The Kier molecular flexibility index (Phi) is 4.65. The minimum atomic E-state index is 0.638. The average molecular weight is 394 g/mol. The van der Waals surface area contributed by atoms with Gasteiger partial charge >= 0.3 is 0 Å². The molecular weight excluding hydrogens is 370 g/mol. The molecule has 1 nitrogen and oxygen atoms in total. The van der Waals surface area contributed by atoms with Crippen LogP contribution in [0, 0.1) is 5.92 Å². The molecule has 3 aromatic carbocycles. The number of hydrogen-bond donors (Lipinski definition) is 0. The lowest BCUT2D eigenvalue weighted by Gasteiger charge is -2.08. The van der Waals surface area contributed by atoms with Crippen LogP contribution < -0.4 is 0 Å². The maximum absolute atomic E-state index is 4.72. The van der Waals surface area contributed by atoms with Crippen LogP contribution in [0.1, 0.15) is 19.4 Å². The largest absolute Gasteiger partial charge is 0.256 e. The molecule has 0 atom stereocenters. The van der Waals surface area contributed by atoms with Crippen molar-refractivity contribution in [1.82, 2.24) is 4.98 Å². The summed E-state index contributed by atoms with van der Waals surface area (Å²) < 4.78 is 2.67. The van der Waals surface area contributed by atoms with Gasteiger partial charge in [-0.2, -0.15) is 0 Å². The molecule has 0 amide bonds. The monoisotopic (exact) mass is 393 g/mol. The Morgan fingerprint density at radius 2 is 1.45 bits per heavy atom. The molecule has 2 heterocycles. The Hall–Kier alpha value is -2.97. The molecule has 142 valence electrons. The Balaban J connectivity index is 1.73. The van der Waals surface area contributed by atoms with Gasteiger partial charge in [0.05, 0.1) is 5.69 Å². The summed E-state index contributed by atoms with van der Waals surface area (Å²) in [5, 5.41) is 2.64. The molecule has 0 saturated carbocycles. The number of hydrogen-bond acceptors (Lipinski definition) is 2. The molecule has 2 heteroatoms. The molecule has 5 aromatic rings. The third kappa shape index (κ3) is 3.34. The van der Waals surface area contributed by atoms with Crippen molar-refractivity contribution in [3.8, 4) is 22.4 Å². The molecule has 0 fully saturated rings. The van der Waals surface area contributed by atoms with Crippen molar-refractivity contribution in [2.75, 3.05) is 0 Å². The first kappa shape index (κ1) is 18.1. The summed E-state index contributed by atoms with van der Waals surface area (Å²) in [4.78, 5) is 4.72. The summed E-state index contributed by atoms with van der Waals surface area (Å²) in [7, 11) is 0. The van der Waals surface area contributed by atoms with Crippen molar-refractivity contribution in [2.24, 2.45) is 5.92 Å². The summed E-state index contributed by atoms with van der Waals surface area (Å²) in [6.07, 6.45) is 3.03. The molecule has 29 heavy (non-hydrogen) atoms. The van der Waals surface area contributed by atoms with Crippen molar-refractivity contribution < 1.29 is 0 Å². The second-order valence-corrected chi connectivity index (χ2v) is 9.00. The number of thiophene rings is 1. The first-order valence-electron chi connectivity index (χ1n) is 10.2. The number of pyridine rings is 1. The van der Waals surface area contributed by atoms with Gasteiger partial charge in [0.2, 0.25) is 0 Å². The Morgan fingerprint density at radius 3 is 2.17 bits per heavy atom. The van der Waals surface area contributed by atoms with Gasteiger partial charge in [-0.1, -0.05) is 80.6 Å². The fraction of sp³-hybridized carbons (Fsp3) is 0.148. The summed E-state index contributed by atoms with van der Waals surface area (Å²) in [6, 6.07) is 28.3. The maximum Gasteiger partial charge on any atom is 0.0719 e. The van der Waals surface area contributed by atoms with E-state index >= 15 is 0 Å². The van der Waals surface area contributed by atoms with Crippen LogP contribution >= 0.6 is 11.3 Å². The molecule has 0 unspecified atom stereocenters. The first-order valence-corrected chi connectivity index (χ1v) is 11.0. The molecule has 0 aliphatic rings. The number of nitrogens with zero attached hydrogens (tertiary/aromatic N) is 1. The standard InChI is InChI=1S/C27H23NS/c1-18(2)16-19-14-15-28-25(17-19)24-13-7-12-23-22-11-6-10-21(26(22)29-27(23)24)20-8-4-3-5-9-20/h3-15,17-18H,16H2,1-2H3. The van der Waals surface area contributed by atoms with Crippen LogP contribution in [0.5, 0.6) is 0 Å². The maximum atomic E-state index is 4.72. The average Bonchev–Trinajstić information content (AvgIpc) is 3.13. The van der Waals surface area contributed by atoms with E-state index in [9.17, 15) is 0 Å². The smallest absolute Gasteiger partial charge is 0.0719 e. The van der Waals surface area contributed by atoms with E-state index < -0.39 is 0 Å². The van der Waals surface area contributed by atoms with Crippen molar-refractivity contribution in [1.29, 1.82) is 0 Å². The lowest BCUT2D eigenvalue weighted by molar-refractivity contribution is 0.647. The molecule has 5 rings (SSSR count). The number of aromatic nitrogens is 1. The van der Waals surface area contributed by atoms with Gasteiger partial charge in [0.1, 0.15) is 0 Å². The molecule has 0 aliphatic carbocycles. The van der Waals surface area contributed by atoms with Gasteiger partial charge in [-0.3, -0.25) is 4.98 Å². The zero-order chi connectivity index (χ0) is 19.8. The van der Waals surface area contributed by atoms with Gasteiger partial charge in [0, 0.05) is 31.9 Å². The lowest BCUT2D eigenvalue weighted by Crippen LogP contribution is -1.95. The van der Waals surface area contributed by atoms with Gasteiger partial charge in [-0.05, 0) is 41.2 Å². The topological polar surface area (TPSA) is 12.9 Å². The quantitative estimate of drug-likeness (QED) is 0.301. The highest BCUT2D eigenvalue weighted by atomic mass is 32.1. The fourth-order valence-corrected chi connectivity index (χ4v) is 5.45. The third-order valence-corrected chi connectivity index (χ3v) is 6.64. The molecule has 2 aromatic heterocycles. The highest BCUT2D eigenvalue weighted by Crippen LogP contribution is 2.43. The highest BCUT2D eigenvalue weighted by molar-refractivity contribution is 7.26. The van der Waals surface area contributed by atoms with E-state index in [0.29, 0.717) is 5.92 Å². The summed E-state index contributed by atoms with van der Waals surface area (Å²) in [6.45, 7) is 4.52. The molecule has 0 radical (unpaired) electrons. The summed E-state index contributed by atoms with van der Waals surface area (Å²) in [5.74, 6) is 0.638. The van der Waals surface area contributed by atoms with Gasteiger partial charge in [-0.25, -0.2) is 0 Å². The zero-order valence-electron chi connectivity index (χ0n) is 16.7. The van der Waals surface area contributed by atoms with E-state index in [0.717, 1.165) is 12.1 Å². The Bertz CT molecular complexity index is 1300. The van der Waals surface area contributed by atoms with Crippen LogP contribution in [0.3, 0.4) is 0 Å². The minimum Gasteiger partial charge on any atom is -0.256 e. The Morgan fingerprint density at radius 1 is 0.759 bits per heavy atom. The van der Waals surface area contributed by atoms with E-state index in [1.54, 1.807) is 0 Å². The Labute approximate surface area is 175 Å². The van der Waals surface area contributed by atoms with Gasteiger partial charge in [0.25, 0.3) is 0 Å². The lowest BCUT2D eigenvalue weighted by atomic mass is 10.00. The molecule has 0 saturated heterocycles. The molecule has 0 bridgehead atoms. The number of benzene rings is 3. The fourth-order valence-electron chi connectivity index (χ4n) is 4.09. The van der Waals surface area contributed by atoms with E-state index in [1.165, 1.54) is 42.4 Å². The molecular formula is C27H23NS. The van der Waals surface area contributed by atoms with E-state index in [4.69, 9.17) is 4.98 Å². The van der Waals surface area contributed by atoms with Crippen LogP contribution in [0.25, 0.3) is 42.6 Å². The van der Waals surface area contributed by atoms with Crippen LogP contribution in [-0.2, 0) is 6.42 Å². The van der Waals surface area contributed by atoms with Crippen molar-refractivity contribution in [2.45, 2.75) is 20.3 Å². The zero-order valence-corrected chi connectivity index (χ0v) is 17.5. The van der Waals surface area contributed by atoms with Crippen LogP contribution in [-0.4, -0.2) is 4.98 Å². The van der Waals surface area contributed by atoms with Gasteiger partial charge in [-0.15, -0.1) is 11.3 Å². The summed E-state index contributed by atoms with van der Waals surface area (Å²) >= 11 is 1.88. The summed E-state index contributed by atoms with van der Waals surface area (Å²) in [5.41, 5.74) is 6.23. The molecule has 0 N–H and O–H groups in total. The normalized spacial score (nSPS) is 11.6. The van der Waals surface area contributed by atoms with Crippen molar-refractivity contribution in [3.63, 3.8) is 0 Å². The second-order valence-electron chi connectivity index (χ2n) is 7.98. The van der Waals surface area contributed by atoms with Crippen molar-refractivity contribution in [3.05, 3.63) is 90.6 Å². The predicted molar refractivity (Wildman–Crippen MR) is 127 cm³/mol. The number of fused-ring (bicyclic) bond motifs is 3. The van der Waals surface area contributed by atoms with Crippen molar-refractivity contribution >= 4 is 31.5 Å². The van der Waals surface area contributed by atoms with E-state index in [-0.39, 0.29) is 0 Å². The molecule has 0 spiro atoms. The molecule has 0 aliphatic heterocycles. The minimum absolute atomic E-state index is 0.638. The van der Waals surface area contributed by atoms with Crippen LogP contribution in [0.15, 0.2) is 85.1 Å². The van der Waals surface area contributed by atoms with Crippen LogP contribution in [0.4, 0.5) is 0 Å². The second kappa shape index (κ2) is 7.46. The first-order chi connectivity index (χ1) is 14.2. The SMILES string of the molecule is CC(C)Cc1ccnc(-c2cccc3c2sc2c(-c4ccccc4)cccc23)c1. The predicted octanol–water partition coefficient (Wildman–Crippen LogP) is 7.98. The third-order valence-electron chi connectivity index (χ3n) is 5.35. The highest BCUT2D eigenvalue weighted by Gasteiger charge is 2.14. The van der Waals surface area contributed by atoms with E-state index in [2.05, 4.69) is 92.7 Å².